The van der Waals surface area contributed by atoms with Crippen LogP contribution in [-0.4, -0.2) is 32.4 Å². The van der Waals surface area contributed by atoms with E-state index in [9.17, 15) is 18.0 Å². The van der Waals surface area contributed by atoms with Gasteiger partial charge >= 0.3 is 0 Å². The first kappa shape index (κ1) is 18.6. The van der Waals surface area contributed by atoms with Gasteiger partial charge in [-0.1, -0.05) is 18.6 Å². The zero-order valence-electron chi connectivity index (χ0n) is 12.5. The van der Waals surface area contributed by atoms with Crippen molar-refractivity contribution >= 4 is 32.6 Å². The lowest BCUT2D eigenvalue weighted by Crippen LogP contribution is -2.26. The second kappa shape index (κ2) is 8.90. The van der Waals surface area contributed by atoms with Gasteiger partial charge in [0.25, 0.3) is 0 Å². The van der Waals surface area contributed by atoms with Crippen LogP contribution in [0.4, 0.5) is 0 Å². The first-order valence-electron chi connectivity index (χ1n) is 7.03. The Hall–Kier alpha value is -1.40. The Balaban J connectivity index is 2.29. The topological polar surface area (TPSA) is 80.3 Å². The molecule has 0 spiro atoms. The summed E-state index contributed by atoms with van der Waals surface area (Å²) in [5.41, 5.74) is 0.762. The Labute approximate surface area is 136 Å². The zero-order valence-corrected chi connectivity index (χ0v) is 14.0. The molecule has 0 aliphatic rings. The molecule has 0 radical (unpaired) electrons. The molecule has 0 fully saturated rings. The Kier molecular flexibility index (Phi) is 7.55. The maximum Gasteiger partial charge on any atom is 0.224 e. The van der Waals surface area contributed by atoms with Gasteiger partial charge in [-0.3, -0.25) is 9.59 Å². The van der Waals surface area contributed by atoms with Crippen molar-refractivity contribution in [3.8, 4) is 0 Å². The van der Waals surface area contributed by atoms with Gasteiger partial charge in [0, 0.05) is 19.2 Å². The summed E-state index contributed by atoms with van der Waals surface area (Å²) >= 11 is 5.22. The third kappa shape index (κ3) is 7.56. The van der Waals surface area contributed by atoms with E-state index in [1.807, 2.05) is 0 Å². The van der Waals surface area contributed by atoms with Crippen molar-refractivity contribution in [3.05, 3.63) is 29.8 Å². The lowest BCUT2D eigenvalue weighted by atomic mass is 10.1. The van der Waals surface area contributed by atoms with E-state index in [1.165, 1.54) is 12.1 Å². The fourth-order valence-corrected chi connectivity index (χ4v) is 2.66. The molecule has 1 rings (SSSR count). The van der Waals surface area contributed by atoms with Gasteiger partial charge in [0.15, 0.2) is 9.84 Å². The quantitative estimate of drug-likeness (QED) is 0.549. The van der Waals surface area contributed by atoms with E-state index in [1.54, 1.807) is 12.1 Å². The second-order valence-electron chi connectivity index (χ2n) is 5.11. The van der Waals surface area contributed by atoms with E-state index < -0.39 is 9.84 Å². The Morgan fingerprint density at radius 1 is 1.09 bits per heavy atom. The second-order valence-corrected chi connectivity index (χ2v) is 7.55. The lowest BCUT2D eigenvalue weighted by molar-refractivity contribution is -0.120. The minimum absolute atomic E-state index is 0.111. The number of halogens is 1. The standard InChI is InChI=1S/C15H20ClNO4S/c1-22(20,21)13-8-6-12(7-9-13)11-15(19)17-10-4-2-3-5-14(16)18/h6-9H,2-5,10-11H2,1H3,(H,17,19). The normalized spacial score (nSPS) is 11.2. The summed E-state index contributed by atoms with van der Waals surface area (Å²) in [5, 5.41) is 2.46. The number of sulfone groups is 1. The Bertz CT molecular complexity index is 611. The van der Waals surface area contributed by atoms with Crippen LogP contribution >= 0.6 is 11.6 Å². The molecule has 1 N–H and O–H groups in total. The van der Waals surface area contributed by atoms with Crippen molar-refractivity contribution in [2.45, 2.75) is 37.0 Å². The van der Waals surface area contributed by atoms with Gasteiger partial charge in [-0.15, -0.1) is 0 Å². The van der Waals surface area contributed by atoms with Crippen molar-refractivity contribution in [1.29, 1.82) is 0 Å². The number of carbonyl (C=O) groups is 2. The van der Waals surface area contributed by atoms with Crippen LogP contribution in [0, 0.1) is 0 Å². The van der Waals surface area contributed by atoms with Gasteiger partial charge in [-0.2, -0.15) is 0 Å². The van der Waals surface area contributed by atoms with Crippen LogP contribution in [0.3, 0.4) is 0 Å². The number of amides is 1. The fraction of sp³-hybridized carbons (Fsp3) is 0.467. The summed E-state index contributed by atoms with van der Waals surface area (Å²) in [6.45, 7) is 0.552. The number of hydrogen-bond donors (Lipinski definition) is 1. The average Bonchev–Trinajstić information content (AvgIpc) is 2.42. The van der Waals surface area contributed by atoms with Gasteiger partial charge in [-0.05, 0) is 42.1 Å². The molecule has 0 bridgehead atoms. The first-order valence-corrected chi connectivity index (χ1v) is 9.30. The summed E-state index contributed by atoms with van der Waals surface area (Å²) in [6.07, 6.45) is 4.08. The largest absolute Gasteiger partial charge is 0.356 e. The zero-order chi connectivity index (χ0) is 16.6. The molecule has 122 valence electrons. The van der Waals surface area contributed by atoms with Crippen LogP contribution in [0.15, 0.2) is 29.2 Å². The SMILES string of the molecule is CS(=O)(=O)c1ccc(CC(=O)NCCCCCC(=O)Cl)cc1. The number of nitrogens with one attached hydrogen (secondary N) is 1. The molecule has 0 heterocycles. The van der Waals surface area contributed by atoms with Crippen LogP contribution in [-0.2, 0) is 25.8 Å². The number of carbonyl (C=O) groups excluding carboxylic acids is 2. The summed E-state index contributed by atoms with van der Waals surface area (Å²) < 4.78 is 22.7. The Morgan fingerprint density at radius 2 is 1.73 bits per heavy atom. The predicted octanol–water partition coefficient (Wildman–Crippen LogP) is 2.07. The van der Waals surface area contributed by atoms with Gasteiger partial charge in [-0.25, -0.2) is 8.42 Å². The van der Waals surface area contributed by atoms with Crippen molar-refractivity contribution < 1.29 is 18.0 Å². The summed E-state index contributed by atoms with van der Waals surface area (Å²) in [4.78, 5) is 22.5. The molecular weight excluding hydrogens is 326 g/mol. The van der Waals surface area contributed by atoms with Crippen LogP contribution in [0.2, 0.25) is 0 Å². The maximum absolute atomic E-state index is 11.7. The minimum Gasteiger partial charge on any atom is -0.356 e. The number of benzene rings is 1. The van der Waals surface area contributed by atoms with Gasteiger partial charge in [0.05, 0.1) is 11.3 Å². The summed E-state index contributed by atoms with van der Waals surface area (Å²) in [6, 6.07) is 6.28. The van der Waals surface area contributed by atoms with Crippen molar-refractivity contribution in [1.82, 2.24) is 5.32 Å². The number of unbranched alkanes of at least 4 members (excludes halogenated alkanes) is 2. The summed E-state index contributed by atoms with van der Waals surface area (Å²) in [7, 11) is -3.21. The molecule has 7 heteroatoms. The maximum atomic E-state index is 11.7. The molecule has 1 aromatic rings. The van der Waals surface area contributed by atoms with E-state index in [4.69, 9.17) is 11.6 Å². The highest BCUT2D eigenvalue weighted by Crippen LogP contribution is 2.10. The van der Waals surface area contributed by atoms with E-state index in [2.05, 4.69) is 5.32 Å². The minimum atomic E-state index is -3.21. The van der Waals surface area contributed by atoms with Crippen LogP contribution in [0.5, 0.6) is 0 Å². The molecule has 0 saturated carbocycles. The molecule has 1 aromatic carbocycles. The van der Waals surface area contributed by atoms with Gasteiger partial charge in [0.2, 0.25) is 11.1 Å². The first-order chi connectivity index (χ1) is 10.3. The van der Waals surface area contributed by atoms with Crippen molar-refractivity contribution in [3.63, 3.8) is 0 Å². The smallest absolute Gasteiger partial charge is 0.224 e. The van der Waals surface area contributed by atoms with Crippen molar-refractivity contribution in [2.24, 2.45) is 0 Å². The third-order valence-electron chi connectivity index (χ3n) is 3.09. The molecule has 0 aliphatic carbocycles. The van der Waals surface area contributed by atoms with E-state index >= 15 is 0 Å². The molecule has 0 atom stereocenters. The molecule has 22 heavy (non-hydrogen) atoms. The van der Waals surface area contributed by atoms with Crippen LogP contribution in [0.1, 0.15) is 31.2 Å². The molecule has 0 unspecified atom stereocenters. The lowest BCUT2D eigenvalue weighted by Gasteiger charge is -2.06. The molecule has 1 amide bonds. The third-order valence-corrected chi connectivity index (χ3v) is 4.41. The van der Waals surface area contributed by atoms with Gasteiger partial charge < -0.3 is 5.32 Å². The summed E-state index contributed by atoms with van der Waals surface area (Å²) in [5.74, 6) is -0.111. The molecule has 0 aliphatic heterocycles. The van der Waals surface area contributed by atoms with Crippen LogP contribution in [0.25, 0.3) is 0 Å². The number of hydrogen-bond acceptors (Lipinski definition) is 4. The number of rotatable bonds is 9. The highest BCUT2D eigenvalue weighted by Gasteiger charge is 2.08. The molecule has 0 saturated heterocycles. The predicted molar refractivity (Wildman–Crippen MR) is 85.6 cm³/mol. The highest BCUT2D eigenvalue weighted by atomic mass is 35.5. The van der Waals surface area contributed by atoms with E-state index in [0.29, 0.717) is 13.0 Å². The van der Waals surface area contributed by atoms with Crippen LogP contribution < -0.4 is 5.32 Å². The average molecular weight is 346 g/mol. The van der Waals surface area contributed by atoms with E-state index in [-0.39, 0.29) is 22.5 Å². The molecule has 0 aromatic heterocycles. The molecule has 5 nitrogen and oxygen atoms in total. The Morgan fingerprint density at radius 3 is 2.27 bits per heavy atom. The fourth-order valence-electron chi connectivity index (χ4n) is 1.90. The molecular formula is C15H20ClNO4S. The monoisotopic (exact) mass is 345 g/mol. The van der Waals surface area contributed by atoms with Gasteiger partial charge in [0.1, 0.15) is 0 Å². The van der Waals surface area contributed by atoms with Crippen molar-refractivity contribution in [2.75, 3.05) is 12.8 Å². The highest BCUT2D eigenvalue weighted by molar-refractivity contribution is 7.90. The van der Waals surface area contributed by atoms with E-state index in [0.717, 1.165) is 31.1 Å².